The molecule has 1 aromatic heterocycles. The van der Waals surface area contributed by atoms with Crippen LogP contribution in [0.25, 0.3) is 12.2 Å². The smallest absolute Gasteiger partial charge is 0.215 e. The second-order valence-corrected chi connectivity index (χ2v) is 4.16. The molecular weight excluding hydrogens is 234 g/mol. The summed E-state index contributed by atoms with van der Waals surface area (Å²) in [5, 5.41) is 11.5. The number of aromatic hydroxyl groups is 1. The lowest BCUT2D eigenvalue weighted by molar-refractivity contribution is 0.455. The van der Waals surface area contributed by atoms with Crippen LogP contribution in [0.4, 0.5) is 0 Å². The van der Waals surface area contributed by atoms with E-state index in [0.29, 0.717) is 10.5 Å². The Hall–Kier alpha value is -2.14. The molecule has 84 valence electrons. The zero-order valence-electron chi connectivity index (χ0n) is 8.77. The summed E-state index contributed by atoms with van der Waals surface area (Å²) in [6, 6.07) is 5.89. The summed E-state index contributed by atoms with van der Waals surface area (Å²) in [5.41, 5.74) is 1.65. The molecule has 0 amide bonds. The molecule has 0 atom stereocenters. The van der Waals surface area contributed by atoms with Gasteiger partial charge in [0.15, 0.2) is 4.77 Å². The number of benzene rings is 1. The molecule has 0 unspecified atom stereocenters. The van der Waals surface area contributed by atoms with Crippen LogP contribution in [-0.4, -0.2) is 15.1 Å². The molecule has 0 spiro atoms. The Labute approximate surface area is 102 Å². The van der Waals surface area contributed by atoms with Gasteiger partial charge in [-0.25, -0.2) is 0 Å². The molecule has 0 radical (unpaired) electrons. The van der Waals surface area contributed by atoms with Crippen molar-refractivity contribution in [3.05, 3.63) is 51.0 Å². The standard InChI is InChI=1S/C12H9N3OS/c16-11-10(14-12(17)15-11)6-7-1-2-9-8(5-7)3-4-13-9/h1-6,16H,(H2,14,15,17)/b7-6+. The number of H-pyrrole nitrogens is 2. The van der Waals surface area contributed by atoms with Gasteiger partial charge in [-0.05, 0) is 41.7 Å². The Morgan fingerprint density at radius 2 is 2.18 bits per heavy atom. The van der Waals surface area contributed by atoms with Gasteiger partial charge >= 0.3 is 0 Å². The molecule has 2 aromatic rings. The number of hydrogen-bond acceptors (Lipinski definition) is 3. The minimum atomic E-state index is 0.0516. The maximum absolute atomic E-state index is 9.57. The average Bonchev–Trinajstić information content (AvgIpc) is 2.85. The molecule has 1 aliphatic rings. The van der Waals surface area contributed by atoms with E-state index in [1.165, 1.54) is 0 Å². The van der Waals surface area contributed by atoms with E-state index in [1.54, 1.807) is 6.20 Å². The predicted octanol–water partition coefficient (Wildman–Crippen LogP) is 1.21. The van der Waals surface area contributed by atoms with Crippen LogP contribution in [0.15, 0.2) is 29.4 Å². The Balaban J connectivity index is 2.17. The third-order valence-corrected chi connectivity index (χ3v) is 2.77. The van der Waals surface area contributed by atoms with Crippen LogP contribution in [0, 0.1) is 4.77 Å². The molecular formula is C12H9N3OS. The van der Waals surface area contributed by atoms with Gasteiger partial charge in [-0.2, -0.15) is 0 Å². The van der Waals surface area contributed by atoms with Crippen molar-refractivity contribution in [3.63, 3.8) is 0 Å². The van der Waals surface area contributed by atoms with Crippen LogP contribution >= 0.6 is 12.2 Å². The van der Waals surface area contributed by atoms with Crippen molar-refractivity contribution in [2.75, 3.05) is 0 Å². The molecule has 0 bridgehead atoms. The molecule has 1 aromatic carbocycles. The SMILES string of the molecule is Oc1[nH]c(=S)[nH]c1/C=c1\ccc2c(c1)C=CN=2. The second kappa shape index (κ2) is 3.71. The Bertz CT molecular complexity index is 783. The average molecular weight is 243 g/mol. The summed E-state index contributed by atoms with van der Waals surface area (Å²) in [6.07, 6.45) is 5.55. The molecule has 2 heterocycles. The van der Waals surface area contributed by atoms with E-state index >= 15 is 0 Å². The van der Waals surface area contributed by atoms with Crippen molar-refractivity contribution in [1.82, 2.24) is 9.97 Å². The minimum Gasteiger partial charge on any atom is -0.493 e. The number of aromatic nitrogens is 2. The zero-order valence-corrected chi connectivity index (χ0v) is 9.58. The van der Waals surface area contributed by atoms with Crippen molar-refractivity contribution in [3.8, 4) is 5.88 Å². The monoisotopic (exact) mass is 243 g/mol. The summed E-state index contributed by atoms with van der Waals surface area (Å²) in [4.78, 5) is 9.70. The van der Waals surface area contributed by atoms with Crippen molar-refractivity contribution >= 4 is 24.4 Å². The van der Waals surface area contributed by atoms with E-state index < -0.39 is 0 Å². The fourth-order valence-corrected chi connectivity index (χ4v) is 1.98. The highest BCUT2D eigenvalue weighted by Gasteiger charge is 2.01. The van der Waals surface area contributed by atoms with Gasteiger partial charge in [0.25, 0.3) is 0 Å². The van der Waals surface area contributed by atoms with Gasteiger partial charge in [0.05, 0.1) is 5.36 Å². The first-order valence-electron chi connectivity index (χ1n) is 5.10. The normalized spacial score (nSPS) is 13.8. The van der Waals surface area contributed by atoms with E-state index in [2.05, 4.69) is 15.0 Å². The first kappa shape index (κ1) is 10.0. The van der Waals surface area contributed by atoms with Crippen LogP contribution in [0.1, 0.15) is 11.3 Å². The molecule has 4 nitrogen and oxygen atoms in total. The third kappa shape index (κ3) is 1.81. The number of imidazole rings is 1. The lowest BCUT2D eigenvalue weighted by Gasteiger charge is -1.92. The minimum absolute atomic E-state index is 0.0516. The van der Waals surface area contributed by atoms with Crippen LogP contribution in [0.3, 0.4) is 0 Å². The molecule has 5 heteroatoms. The topological polar surface area (TPSA) is 64.2 Å². The summed E-state index contributed by atoms with van der Waals surface area (Å²) in [5.74, 6) is 0.0516. The maximum Gasteiger partial charge on any atom is 0.215 e. The van der Waals surface area contributed by atoms with Crippen LogP contribution in [0.5, 0.6) is 5.88 Å². The van der Waals surface area contributed by atoms with Gasteiger partial charge in [0, 0.05) is 11.8 Å². The van der Waals surface area contributed by atoms with Gasteiger partial charge in [0.2, 0.25) is 5.88 Å². The first-order valence-corrected chi connectivity index (χ1v) is 5.51. The number of aromatic amines is 2. The molecule has 17 heavy (non-hydrogen) atoms. The highest BCUT2D eigenvalue weighted by molar-refractivity contribution is 7.71. The molecule has 0 saturated carbocycles. The third-order valence-electron chi connectivity index (χ3n) is 2.57. The lowest BCUT2D eigenvalue weighted by Crippen LogP contribution is -2.10. The molecule has 0 fully saturated rings. The molecule has 3 rings (SSSR count). The van der Waals surface area contributed by atoms with Crippen molar-refractivity contribution in [1.29, 1.82) is 0 Å². The van der Waals surface area contributed by atoms with Crippen molar-refractivity contribution in [2.45, 2.75) is 0 Å². The molecule has 0 saturated heterocycles. The van der Waals surface area contributed by atoms with Crippen LogP contribution < -0.4 is 10.6 Å². The Morgan fingerprint density at radius 1 is 1.29 bits per heavy atom. The van der Waals surface area contributed by atoms with Gasteiger partial charge in [-0.1, -0.05) is 6.07 Å². The summed E-state index contributed by atoms with van der Waals surface area (Å²) in [6.45, 7) is 0. The van der Waals surface area contributed by atoms with Gasteiger partial charge in [0.1, 0.15) is 5.69 Å². The largest absolute Gasteiger partial charge is 0.493 e. The van der Waals surface area contributed by atoms with Crippen LogP contribution in [0.2, 0.25) is 0 Å². The summed E-state index contributed by atoms with van der Waals surface area (Å²) >= 11 is 4.90. The number of fused-ring (bicyclic) bond motifs is 1. The molecule has 1 aliphatic heterocycles. The predicted molar refractivity (Wildman–Crippen MR) is 67.5 cm³/mol. The number of rotatable bonds is 1. The van der Waals surface area contributed by atoms with Gasteiger partial charge < -0.3 is 15.1 Å². The van der Waals surface area contributed by atoms with E-state index in [9.17, 15) is 5.11 Å². The number of nitrogens with zero attached hydrogens (tertiary/aromatic N) is 1. The quantitative estimate of drug-likeness (QED) is 0.659. The fraction of sp³-hybridized carbons (Fsp3) is 0. The van der Waals surface area contributed by atoms with E-state index in [-0.39, 0.29) is 5.88 Å². The lowest BCUT2D eigenvalue weighted by atomic mass is 10.1. The second-order valence-electron chi connectivity index (χ2n) is 3.75. The molecule has 0 aliphatic carbocycles. The number of nitrogens with one attached hydrogen (secondary N) is 2. The maximum atomic E-state index is 9.57. The number of hydrogen-bond donors (Lipinski definition) is 3. The van der Waals surface area contributed by atoms with E-state index in [0.717, 1.165) is 16.1 Å². The first-order chi connectivity index (χ1) is 8.22. The van der Waals surface area contributed by atoms with Crippen LogP contribution in [-0.2, 0) is 0 Å². The summed E-state index contributed by atoms with van der Waals surface area (Å²) in [7, 11) is 0. The Morgan fingerprint density at radius 3 is 2.94 bits per heavy atom. The zero-order chi connectivity index (χ0) is 11.8. The van der Waals surface area contributed by atoms with Gasteiger partial charge in [-0.15, -0.1) is 0 Å². The molecule has 3 N–H and O–H groups in total. The highest BCUT2D eigenvalue weighted by Crippen LogP contribution is 2.11. The fourth-order valence-electron chi connectivity index (χ4n) is 1.77. The van der Waals surface area contributed by atoms with Crippen molar-refractivity contribution in [2.24, 2.45) is 4.99 Å². The van der Waals surface area contributed by atoms with Crippen molar-refractivity contribution < 1.29 is 5.11 Å². The Kier molecular flexibility index (Phi) is 2.19. The van der Waals surface area contributed by atoms with E-state index in [1.807, 2.05) is 30.4 Å². The van der Waals surface area contributed by atoms with Gasteiger partial charge in [-0.3, -0.25) is 4.99 Å². The summed E-state index contributed by atoms with van der Waals surface area (Å²) < 4.78 is 0.407. The highest BCUT2D eigenvalue weighted by atomic mass is 32.1. The van der Waals surface area contributed by atoms with E-state index in [4.69, 9.17) is 12.2 Å².